The van der Waals surface area contributed by atoms with Gasteiger partial charge in [0.15, 0.2) is 0 Å². The quantitative estimate of drug-likeness (QED) is 0.777. The van der Waals surface area contributed by atoms with Crippen molar-refractivity contribution in [1.82, 2.24) is 9.88 Å². The second-order valence-electron chi connectivity index (χ2n) is 4.97. The van der Waals surface area contributed by atoms with Crippen LogP contribution in [-0.2, 0) is 4.79 Å². The van der Waals surface area contributed by atoms with Crippen LogP contribution in [0.2, 0.25) is 0 Å². The fraction of sp³-hybridized carbons (Fsp3) is 0.714. The van der Waals surface area contributed by atoms with Gasteiger partial charge in [-0.15, -0.1) is 0 Å². The van der Waals surface area contributed by atoms with Crippen LogP contribution >= 0.6 is 11.8 Å². The number of hydrogen-bond acceptors (Lipinski definition) is 4. The third-order valence-corrected chi connectivity index (χ3v) is 4.63. The first-order valence-electron chi connectivity index (χ1n) is 7.09. The zero-order valence-corrected chi connectivity index (χ0v) is 12.5. The van der Waals surface area contributed by atoms with Crippen molar-refractivity contribution in [2.24, 2.45) is 0 Å². The predicted octanol–water partition coefficient (Wildman–Crippen LogP) is 3.34. The van der Waals surface area contributed by atoms with Crippen LogP contribution in [0.3, 0.4) is 0 Å². The first kappa shape index (κ1) is 14.4. The van der Waals surface area contributed by atoms with Gasteiger partial charge in [-0.25, -0.2) is 4.98 Å². The van der Waals surface area contributed by atoms with Crippen molar-refractivity contribution in [3.05, 3.63) is 12.5 Å². The number of oxazole rings is 1. The van der Waals surface area contributed by atoms with E-state index in [1.54, 1.807) is 6.20 Å². The van der Waals surface area contributed by atoms with Crippen LogP contribution in [-0.4, -0.2) is 33.6 Å². The minimum absolute atomic E-state index is 0.138. The summed E-state index contributed by atoms with van der Waals surface area (Å²) in [7, 11) is 0. The molecule has 0 radical (unpaired) electrons. The molecule has 1 saturated carbocycles. The van der Waals surface area contributed by atoms with E-state index < -0.39 is 0 Å². The minimum atomic E-state index is -0.138. The first-order chi connectivity index (χ1) is 9.22. The number of rotatable bonds is 5. The Bertz CT molecular complexity index is 388. The van der Waals surface area contributed by atoms with Crippen LogP contribution in [0.1, 0.15) is 46.0 Å². The summed E-state index contributed by atoms with van der Waals surface area (Å²) >= 11 is 1.40. The highest BCUT2D eigenvalue weighted by atomic mass is 32.2. The summed E-state index contributed by atoms with van der Waals surface area (Å²) in [5.41, 5.74) is 0. The van der Waals surface area contributed by atoms with Crippen molar-refractivity contribution in [2.45, 2.75) is 62.5 Å². The first-order valence-corrected chi connectivity index (χ1v) is 7.97. The van der Waals surface area contributed by atoms with E-state index in [2.05, 4.69) is 11.9 Å². The van der Waals surface area contributed by atoms with Gasteiger partial charge in [-0.2, -0.15) is 0 Å². The Balaban J connectivity index is 1.94. The summed E-state index contributed by atoms with van der Waals surface area (Å²) in [6, 6.07) is 0.430. The van der Waals surface area contributed by atoms with Crippen LogP contribution in [0.4, 0.5) is 0 Å². The molecule has 1 aromatic rings. The number of hydrogen-bond donors (Lipinski definition) is 0. The van der Waals surface area contributed by atoms with Gasteiger partial charge in [0, 0.05) is 12.6 Å². The van der Waals surface area contributed by atoms with E-state index in [1.165, 1.54) is 37.3 Å². The van der Waals surface area contributed by atoms with Gasteiger partial charge in [0.25, 0.3) is 5.22 Å². The molecular formula is C14H22N2O2S. The molecule has 1 heterocycles. The van der Waals surface area contributed by atoms with E-state index in [4.69, 9.17) is 4.42 Å². The second kappa shape index (κ2) is 6.98. The predicted molar refractivity (Wildman–Crippen MR) is 76.1 cm³/mol. The standard InChI is InChI=1S/C14H22N2O2S/c1-3-16(12-7-5-4-6-8-12)13(17)11(2)19-14-15-9-10-18-14/h9-12H,3-8H2,1-2H3/t11-/m0/s1. The lowest BCUT2D eigenvalue weighted by atomic mass is 9.94. The van der Waals surface area contributed by atoms with Crippen molar-refractivity contribution in [1.29, 1.82) is 0 Å². The van der Waals surface area contributed by atoms with Crippen molar-refractivity contribution in [3.63, 3.8) is 0 Å². The van der Waals surface area contributed by atoms with Gasteiger partial charge in [0.05, 0.1) is 11.4 Å². The molecule has 1 aromatic heterocycles. The summed E-state index contributed by atoms with van der Waals surface area (Å²) < 4.78 is 5.19. The molecule has 0 saturated heterocycles. The van der Waals surface area contributed by atoms with Gasteiger partial charge < -0.3 is 9.32 Å². The molecule has 1 aliphatic rings. The summed E-state index contributed by atoms with van der Waals surface area (Å²) in [6.45, 7) is 4.79. The average molecular weight is 282 g/mol. The number of thioether (sulfide) groups is 1. The Labute approximate surface area is 118 Å². The highest BCUT2D eigenvalue weighted by Gasteiger charge is 2.28. The summed E-state index contributed by atoms with van der Waals surface area (Å²) in [6.07, 6.45) is 9.25. The molecule has 5 heteroatoms. The van der Waals surface area contributed by atoms with Crippen molar-refractivity contribution in [2.75, 3.05) is 6.54 Å². The lowest BCUT2D eigenvalue weighted by Crippen LogP contribution is -2.44. The second-order valence-corrected chi connectivity index (χ2v) is 6.27. The Morgan fingerprint density at radius 1 is 1.53 bits per heavy atom. The fourth-order valence-electron chi connectivity index (χ4n) is 2.69. The molecule has 1 atom stereocenters. The molecule has 4 nitrogen and oxygen atoms in total. The van der Waals surface area contributed by atoms with Gasteiger partial charge in [0.2, 0.25) is 5.91 Å². The number of aromatic nitrogens is 1. The Morgan fingerprint density at radius 2 is 2.26 bits per heavy atom. The van der Waals surface area contributed by atoms with Gasteiger partial charge in [0.1, 0.15) is 6.26 Å². The SMILES string of the molecule is CCN(C(=O)[C@H](C)Sc1ncco1)C1CCCCC1. The molecule has 1 amide bonds. The zero-order valence-electron chi connectivity index (χ0n) is 11.7. The number of carbonyl (C=O) groups excluding carboxylic acids is 1. The largest absolute Gasteiger partial charge is 0.440 e. The van der Waals surface area contributed by atoms with Gasteiger partial charge >= 0.3 is 0 Å². The molecule has 0 unspecified atom stereocenters. The molecule has 19 heavy (non-hydrogen) atoms. The van der Waals surface area contributed by atoms with Crippen LogP contribution in [0.5, 0.6) is 0 Å². The van der Waals surface area contributed by atoms with E-state index >= 15 is 0 Å². The van der Waals surface area contributed by atoms with E-state index in [0.29, 0.717) is 11.3 Å². The van der Waals surface area contributed by atoms with Crippen LogP contribution in [0.25, 0.3) is 0 Å². The molecule has 2 rings (SSSR count). The summed E-state index contributed by atoms with van der Waals surface area (Å²) in [5.74, 6) is 0.206. The number of nitrogens with zero attached hydrogens (tertiary/aromatic N) is 2. The maximum Gasteiger partial charge on any atom is 0.256 e. The van der Waals surface area contributed by atoms with Crippen molar-refractivity contribution < 1.29 is 9.21 Å². The molecule has 0 bridgehead atoms. The Morgan fingerprint density at radius 3 is 2.84 bits per heavy atom. The van der Waals surface area contributed by atoms with Gasteiger partial charge in [-0.1, -0.05) is 31.0 Å². The van der Waals surface area contributed by atoms with Gasteiger partial charge in [-0.3, -0.25) is 4.79 Å². The molecule has 0 spiro atoms. The molecule has 0 aromatic carbocycles. The summed E-state index contributed by atoms with van der Waals surface area (Å²) in [5, 5.41) is 0.432. The normalized spacial score (nSPS) is 18.2. The van der Waals surface area contributed by atoms with Gasteiger partial charge in [-0.05, 0) is 26.7 Å². The molecule has 1 aliphatic carbocycles. The molecule has 0 aliphatic heterocycles. The van der Waals surface area contributed by atoms with Crippen molar-refractivity contribution in [3.8, 4) is 0 Å². The minimum Gasteiger partial charge on any atom is -0.440 e. The molecule has 1 fully saturated rings. The number of amides is 1. The Hall–Kier alpha value is -0.970. The maximum atomic E-state index is 12.5. The smallest absolute Gasteiger partial charge is 0.256 e. The maximum absolute atomic E-state index is 12.5. The highest BCUT2D eigenvalue weighted by molar-refractivity contribution is 8.00. The van der Waals surface area contributed by atoms with E-state index in [-0.39, 0.29) is 11.2 Å². The molecule has 106 valence electrons. The fourth-order valence-corrected chi connectivity index (χ4v) is 3.46. The third kappa shape index (κ3) is 3.75. The molecule has 0 N–H and O–H groups in total. The van der Waals surface area contributed by atoms with E-state index in [9.17, 15) is 4.79 Å². The van der Waals surface area contributed by atoms with Crippen LogP contribution in [0, 0.1) is 0 Å². The number of carbonyl (C=O) groups is 1. The zero-order chi connectivity index (χ0) is 13.7. The molecular weight excluding hydrogens is 260 g/mol. The average Bonchev–Trinajstić information content (AvgIpc) is 2.93. The topological polar surface area (TPSA) is 46.3 Å². The highest BCUT2D eigenvalue weighted by Crippen LogP contribution is 2.27. The third-order valence-electron chi connectivity index (χ3n) is 3.67. The monoisotopic (exact) mass is 282 g/mol. The van der Waals surface area contributed by atoms with E-state index in [0.717, 1.165) is 19.4 Å². The van der Waals surface area contributed by atoms with Crippen LogP contribution in [0.15, 0.2) is 22.1 Å². The lowest BCUT2D eigenvalue weighted by Gasteiger charge is -2.34. The lowest BCUT2D eigenvalue weighted by molar-refractivity contribution is -0.133. The van der Waals surface area contributed by atoms with E-state index in [1.807, 2.05) is 11.8 Å². The van der Waals surface area contributed by atoms with Crippen molar-refractivity contribution >= 4 is 17.7 Å². The van der Waals surface area contributed by atoms with Crippen LogP contribution < -0.4 is 0 Å². The summed E-state index contributed by atoms with van der Waals surface area (Å²) in [4.78, 5) is 18.6. The Kier molecular flexibility index (Phi) is 5.31.